The van der Waals surface area contributed by atoms with Crippen LogP contribution in [-0.4, -0.2) is 6.09 Å². The largest absolute Gasteiger partial charge is 0.438 e. The zero-order valence-corrected chi connectivity index (χ0v) is 9.19. The van der Waals surface area contributed by atoms with Gasteiger partial charge >= 0.3 is 6.09 Å². The average molecular weight is 207 g/mol. The fourth-order valence-corrected chi connectivity index (χ4v) is 1.74. The molecule has 0 saturated carbocycles. The average Bonchev–Trinajstić information content (AvgIpc) is 2.18. The molecule has 0 aliphatic heterocycles. The Morgan fingerprint density at radius 2 is 2.00 bits per heavy atom. The predicted octanol–water partition coefficient (Wildman–Crippen LogP) is 2.80. The molecule has 0 bridgehead atoms. The summed E-state index contributed by atoms with van der Waals surface area (Å²) >= 11 is 0. The molecule has 1 atom stereocenters. The van der Waals surface area contributed by atoms with Crippen LogP contribution in [-0.2, 0) is 10.3 Å². The Morgan fingerprint density at radius 1 is 1.40 bits per heavy atom. The van der Waals surface area contributed by atoms with Crippen LogP contribution in [0.25, 0.3) is 0 Å². The fourth-order valence-electron chi connectivity index (χ4n) is 1.74. The highest BCUT2D eigenvalue weighted by atomic mass is 16.6. The van der Waals surface area contributed by atoms with E-state index >= 15 is 0 Å². The summed E-state index contributed by atoms with van der Waals surface area (Å²) in [6.45, 7) is 3.93. The number of nitrogens with two attached hydrogens (primary N) is 1. The minimum Gasteiger partial charge on any atom is -0.438 e. The molecule has 3 heteroatoms. The monoisotopic (exact) mass is 207 g/mol. The molecule has 15 heavy (non-hydrogen) atoms. The van der Waals surface area contributed by atoms with Gasteiger partial charge in [0.2, 0.25) is 0 Å². The zero-order valence-electron chi connectivity index (χ0n) is 9.19. The molecule has 1 amide bonds. The first-order valence-electron chi connectivity index (χ1n) is 5.12. The van der Waals surface area contributed by atoms with E-state index in [1.165, 1.54) is 0 Å². The third kappa shape index (κ3) is 2.98. The number of carbonyl (C=O) groups excluding carboxylic acids is 1. The van der Waals surface area contributed by atoms with Gasteiger partial charge in [-0.3, -0.25) is 0 Å². The lowest BCUT2D eigenvalue weighted by Gasteiger charge is -2.28. The van der Waals surface area contributed by atoms with Gasteiger partial charge in [0.15, 0.2) is 0 Å². The number of hydrogen-bond acceptors (Lipinski definition) is 2. The second-order valence-corrected chi connectivity index (χ2v) is 3.77. The summed E-state index contributed by atoms with van der Waals surface area (Å²) < 4.78 is 5.20. The van der Waals surface area contributed by atoms with E-state index in [4.69, 9.17) is 10.5 Å². The highest BCUT2D eigenvalue weighted by Crippen LogP contribution is 2.30. The van der Waals surface area contributed by atoms with Crippen LogP contribution in [0.2, 0.25) is 0 Å². The number of benzene rings is 1. The lowest BCUT2D eigenvalue weighted by atomic mass is 9.91. The molecular formula is C12H17NO2. The van der Waals surface area contributed by atoms with Crippen molar-refractivity contribution < 1.29 is 9.53 Å². The second kappa shape index (κ2) is 4.82. The Labute approximate surface area is 90.2 Å². The maximum atomic E-state index is 10.9. The van der Waals surface area contributed by atoms with Gasteiger partial charge in [-0.15, -0.1) is 0 Å². The Balaban J connectivity index is 2.95. The Bertz CT molecular complexity index is 324. The van der Waals surface area contributed by atoms with E-state index in [-0.39, 0.29) is 0 Å². The summed E-state index contributed by atoms with van der Waals surface area (Å²) in [6.07, 6.45) is 0.966. The van der Waals surface area contributed by atoms with Crippen LogP contribution in [0.15, 0.2) is 30.3 Å². The summed E-state index contributed by atoms with van der Waals surface area (Å²) in [7, 11) is 0. The van der Waals surface area contributed by atoms with E-state index in [0.29, 0.717) is 0 Å². The first-order chi connectivity index (χ1) is 7.08. The number of amides is 1. The number of hydrogen-bond donors (Lipinski definition) is 1. The van der Waals surface area contributed by atoms with Crippen LogP contribution in [0.5, 0.6) is 0 Å². The summed E-state index contributed by atoms with van der Waals surface area (Å²) in [6, 6.07) is 9.67. The molecule has 2 N–H and O–H groups in total. The summed E-state index contributed by atoms with van der Waals surface area (Å²) in [5.74, 6) is 0. The quantitative estimate of drug-likeness (QED) is 0.825. The molecule has 82 valence electrons. The number of carbonyl (C=O) groups is 1. The molecule has 0 aliphatic rings. The predicted molar refractivity (Wildman–Crippen MR) is 59.4 cm³/mol. The minimum atomic E-state index is -0.727. The summed E-state index contributed by atoms with van der Waals surface area (Å²) in [5.41, 5.74) is 5.45. The second-order valence-electron chi connectivity index (χ2n) is 3.77. The van der Waals surface area contributed by atoms with Gasteiger partial charge in [-0.1, -0.05) is 43.7 Å². The highest BCUT2D eigenvalue weighted by Gasteiger charge is 2.28. The molecule has 0 aliphatic carbocycles. The lowest BCUT2D eigenvalue weighted by Crippen LogP contribution is -2.31. The van der Waals surface area contributed by atoms with Crippen molar-refractivity contribution in [2.24, 2.45) is 5.73 Å². The van der Waals surface area contributed by atoms with Gasteiger partial charge in [0.1, 0.15) is 5.60 Å². The van der Waals surface area contributed by atoms with Crippen LogP contribution >= 0.6 is 0 Å². The van der Waals surface area contributed by atoms with E-state index in [1.54, 1.807) is 0 Å². The molecule has 1 aromatic rings. The van der Waals surface area contributed by atoms with E-state index in [2.05, 4.69) is 0 Å². The number of primary amides is 1. The van der Waals surface area contributed by atoms with E-state index in [1.807, 2.05) is 44.2 Å². The lowest BCUT2D eigenvalue weighted by molar-refractivity contribution is 0.0205. The standard InChI is InChI=1S/C12H17NO2/c1-3-9-12(2,15-11(13)14)10-7-5-4-6-8-10/h4-8H,3,9H2,1-2H3,(H2,13,14). The van der Waals surface area contributed by atoms with Crippen molar-refractivity contribution in [3.63, 3.8) is 0 Å². The smallest absolute Gasteiger partial charge is 0.405 e. The van der Waals surface area contributed by atoms with E-state index < -0.39 is 11.7 Å². The first kappa shape index (κ1) is 11.6. The van der Waals surface area contributed by atoms with Crippen molar-refractivity contribution in [3.05, 3.63) is 35.9 Å². The molecule has 0 aromatic heterocycles. The van der Waals surface area contributed by atoms with E-state index in [9.17, 15) is 4.79 Å². The normalized spacial score (nSPS) is 14.3. The Hall–Kier alpha value is -1.51. The molecule has 3 nitrogen and oxygen atoms in total. The van der Waals surface area contributed by atoms with Crippen LogP contribution in [0.1, 0.15) is 32.3 Å². The number of ether oxygens (including phenoxy) is 1. The van der Waals surface area contributed by atoms with Crippen molar-refractivity contribution in [1.29, 1.82) is 0 Å². The maximum absolute atomic E-state index is 10.9. The van der Waals surface area contributed by atoms with Crippen LogP contribution in [0.3, 0.4) is 0 Å². The maximum Gasteiger partial charge on any atom is 0.405 e. The third-order valence-electron chi connectivity index (χ3n) is 2.44. The summed E-state index contributed by atoms with van der Waals surface area (Å²) in [5, 5.41) is 0. The first-order valence-corrected chi connectivity index (χ1v) is 5.12. The van der Waals surface area contributed by atoms with Crippen molar-refractivity contribution >= 4 is 6.09 Å². The van der Waals surface area contributed by atoms with Gasteiger partial charge in [-0.25, -0.2) is 4.79 Å². The topological polar surface area (TPSA) is 52.3 Å². The van der Waals surface area contributed by atoms with Crippen LogP contribution in [0, 0.1) is 0 Å². The van der Waals surface area contributed by atoms with Gasteiger partial charge in [-0.2, -0.15) is 0 Å². The molecule has 0 radical (unpaired) electrons. The van der Waals surface area contributed by atoms with Gasteiger partial charge in [0.05, 0.1) is 0 Å². The SMILES string of the molecule is CCCC(C)(OC(N)=O)c1ccccc1. The molecule has 1 unspecified atom stereocenters. The van der Waals surface area contributed by atoms with Crippen molar-refractivity contribution in [1.82, 2.24) is 0 Å². The van der Waals surface area contributed by atoms with Crippen molar-refractivity contribution in [2.45, 2.75) is 32.3 Å². The molecule has 0 spiro atoms. The van der Waals surface area contributed by atoms with Gasteiger partial charge in [0.25, 0.3) is 0 Å². The third-order valence-corrected chi connectivity index (χ3v) is 2.44. The van der Waals surface area contributed by atoms with Crippen LogP contribution in [0.4, 0.5) is 4.79 Å². The molecule has 0 heterocycles. The van der Waals surface area contributed by atoms with Gasteiger partial charge in [-0.05, 0) is 18.9 Å². The minimum absolute atomic E-state index is 0.609. The molecule has 0 fully saturated rings. The highest BCUT2D eigenvalue weighted by molar-refractivity contribution is 5.65. The van der Waals surface area contributed by atoms with Crippen LogP contribution < -0.4 is 5.73 Å². The summed E-state index contributed by atoms with van der Waals surface area (Å²) in [4.78, 5) is 10.9. The fraction of sp³-hybridized carbons (Fsp3) is 0.417. The van der Waals surface area contributed by atoms with Gasteiger partial charge in [0, 0.05) is 0 Å². The van der Waals surface area contributed by atoms with Crippen molar-refractivity contribution in [3.8, 4) is 0 Å². The zero-order chi connectivity index (χ0) is 11.3. The van der Waals surface area contributed by atoms with Gasteiger partial charge < -0.3 is 10.5 Å². The molecular weight excluding hydrogens is 190 g/mol. The molecule has 1 rings (SSSR count). The Kier molecular flexibility index (Phi) is 3.72. The molecule has 0 saturated heterocycles. The van der Waals surface area contributed by atoms with E-state index in [0.717, 1.165) is 18.4 Å². The Morgan fingerprint density at radius 3 is 2.47 bits per heavy atom. The number of rotatable bonds is 4. The molecule has 1 aromatic carbocycles. The van der Waals surface area contributed by atoms with Crippen molar-refractivity contribution in [2.75, 3.05) is 0 Å².